The van der Waals surface area contributed by atoms with Crippen LogP contribution in [-0.2, 0) is 18.3 Å². The van der Waals surface area contributed by atoms with Gasteiger partial charge in [-0.05, 0) is 13.8 Å². The van der Waals surface area contributed by atoms with E-state index in [2.05, 4.69) is 22.3 Å². The van der Waals surface area contributed by atoms with Crippen LogP contribution in [0.5, 0.6) is 0 Å². The van der Waals surface area contributed by atoms with Crippen molar-refractivity contribution in [3.63, 3.8) is 0 Å². The zero-order valence-electron chi connectivity index (χ0n) is 9.03. The number of aromatic nitrogens is 3. The Morgan fingerprint density at radius 3 is 3.00 bits per heavy atom. The first-order chi connectivity index (χ1) is 6.72. The fourth-order valence-electron chi connectivity index (χ4n) is 1.08. The number of ether oxygens (including phenoxy) is 1. The highest BCUT2D eigenvalue weighted by Crippen LogP contribution is 1.90. The lowest BCUT2D eigenvalue weighted by Gasteiger charge is -2.11. The van der Waals surface area contributed by atoms with Gasteiger partial charge < -0.3 is 10.1 Å². The van der Waals surface area contributed by atoms with Crippen molar-refractivity contribution in [1.82, 2.24) is 20.1 Å². The summed E-state index contributed by atoms with van der Waals surface area (Å²) in [6, 6.07) is 0.332. The van der Waals surface area contributed by atoms with Crippen molar-refractivity contribution in [1.29, 1.82) is 0 Å². The molecule has 0 aliphatic rings. The van der Waals surface area contributed by atoms with Crippen LogP contribution < -0.4 is 5.32 Å². The lowest BCUT2D eigenvalue weighted by atomic mass is 10.3. The monoisotopic (exact) mass is 198 g/mol. The fraction of sp³-hybridized carbons (Fsp3) is 0.778. The molecule has 0 aliphatic carbocycles. The van der Waals surface area contributed by atoms with Crippen molar-refractivity contribution >= 4 is 0 Å². The number of hydrogen-bond donors (Lipinski definition) is 1. The number of hydrogen-bond acceptors (Lipinski definition) is 4. The Morgan fingerprint density at radius 2 is 2.43 bits per heavy atom. The van der Waals surface area contributed by atoms with Crippen molar-refractivity contribution in [2.75, 3.05) is 13.2 Å². The minimum Gasteiger partial charge on any atom is -0.380 e. The average Bonchev–Trinajstić information content (AvgIpc) is 2.58. The molecule has 0 saturated heterocycles. The SMILES string of the molecule is CCOCC(C)NCc1ncn(C)n1. The largest absolute Gasteiger partial charge is 0.380 e. The summed E-state index contributed by atoms with van der Waals surface area (Å²) in [4.78, 5) is 4.12. The van der Waals surface area contributed by atoms with Gasteiger partial charge in [-0.15, -0.1) is 0 Å². The van der Waals surface area contributed by atoms with Gasteiger partial charge in [0.15, 0.2) is 5.82 Å². The lowest BCUT2D eigenvalue weighted by Crippen LogP contribution is -2.30. The van der Waals surface area contributed by atoms with Crippen molar-refractivity contribution in [3.8, 4) is 0 Å². The first-order valence-corrected chi connectivity index (χ1v) is 4.88. The van der Waals surface area contributed by atoms with Crippen LogP contribution in [0.1, 0.15) is 19.7 Å². The summed E-state index contributed by atoms with van der Waals surface area (Å²) in [5.41, 5.74) is 0. The fourth-order valence-corrected chi connectivity index (χ4v) is 1.08. The number of rotatable bonds is 6. The van der Waals surface area contributed by atoms with Crippen LogP contribution in [0.15, 0.2) is 6.33 Å². The Labute approximate surface area is 84.5 Å². The predicted molar refractivity (Wildman–Crippen MR) is 53.8 cm³/mol. The van der Waals surface area contributed by atoms with E-state index in [-0.39, 0.29) is 0 Å². The maximum Gasteiger partial charge on any atom is 0.164 e. The Kier molecular flexibility index (Phi) is 4.55. The smallest absolute Gasteiger partial charge is 0.164 e. The molecular weight excluding hydrogens is 180 g/mol. The van der Waals surface area contributed by atoms with Gasteiger partial charge in [0, 0.05) is 19.7 Å². The van der Waals surface area contributed by atoms with Crippen LogP contribution in [0, 0.1) is 0 Å². The highest BCUT2D eigenvalue weighted by molar-refractivity contribution is 4.80. The molecule has 0 spiro atoms. The zero-order chi connectivity index (χ0) is 10.4. The minimum absolute atomic E-state index is 0.332. The molecule has 5 nitrogen and oxygen atoms in total. The van der Waals surface area contributed by atoms with Gasteiger partial charge in [0.2, 0.25) is 0 Å². The Hall–Kier alpha value is -0.940. The molecule has 0 radical (unpaired) electrons. The summed E-state index contributed by atoms with van der Waals surface area (Å²) in [7, 11) is 1.86. The highest BCUT2D eigenvalue weighted by atomic mass is 16.5. The standard InChI is InChI=1S/C9H18N4O/c1-4-14-6-8(2)10-5-9-11-7-13(3)12-9/h7-8,10H,4-6H2,1-3H3. The second kappa shape index (κ2) is 5.72. The topological polar surface area (TPSA) is 52.0 Å². The molecule has 0 fully saturated rings. The van der Waals surface area contributed by atoms with Gasteiger partial charge >= 0.3 is 0 Å². The molecule has 1 aromatic rings. The molecular formula is C9H18N4O. The van der Waals surface area contributed by atoms with E-state index >= 15 is 0 Å². The molecule has 5 heteroatoms. The number of nitrogens with one attached hydrogen (secondary N) is 1. The van der Waals surface area contributed by atoms with Crippen molar-refractivity contribution in [3.05, 3.63) is 12.2 Å². The van der Waals surface area contributed by atoms with E-state index < -0.39 is 0 Å². The second-order valence-corrected chi connectivity index (χ2v) is 3.28. The third-order valence-corrected chi connectivity index (χ3v) is 1.83. The maximum atomic E-state index is 5.28. The molecule has 14 heavy (non-hydrogen) atoms. The van der Waals surface area contributed by atoms with Crippen LogP contribution in [-0.4, -0.2) is 34.0 Å². The summed E-state index contributed by atoms with van der Waals surface area (Å²) in [5, 5.41) is 7.45. The van der Waals surface area contributed by atoms with E-state index in [9.17, 15) is 0 Å². The minimum atomic E-state index is 0.332. The Bertz CT molecular complexity index is 261. The Balaban J connectivity index is 2.20. The highest BCUT2D eigenvalue weighted by Gasteiger charge is 2.03. The van der Waals surface area contributed by atoms with Gasteiger partial charge in [0.05, 0.1) is 13.2 Å². The quantitative estimate of drug-likeness (QED) is 0.715. The van der Waals surface area contributed by atoms with Crippen LogP contribution in [0.25, 0.3) is 0 Å². The number of nitrogens with zero attached hydrogens (tertiary/aromatic N) is 3. The molecule has 0 bridgehead atoms. The van der Waals surface area contributed by atoms with Gasteiger partial charge in [0.1, 0.15) is 6.33 Å². The molecule has 1 atom stereocenters. The lowest BCUT2D eigenvalue weighted by molar-refractivity contribution is 0.126. The zero-order valence-corrected chi connectivity index (χ0v) is 9.03. The number of aryl methyl sites for hydroxylation is 1. The summed E-state index contributed by atoms with van der Waals surface area (Å²) >= 11 is 0. The molecule has 0 aromatic carbocycles. The second-order valence-electron chi connectivity index (χ2n) is 3.28. The van der Waals surface area contributed by atoms with Crippen molar-refractivity contribution in [2.45, 2.75) is 26.4 Å². The molecule has 0 aliphatic heterocycles. The molecule has 1 N–H and O–H groups in total. The summed E-state index contributed by atoms with van der Waals surface area (Å²) in [6.07, 6.45) is 1.70. The van der Waals surface area contributed by atoms with E-state index in [1.165, 1.54) is 0 Å². The third kappa shape index (κ3) is 3.85. The van der Waals surface area contributed by atoms with Crippen molar-refractivity contribution < 1.29 is 4.74 Å². The van der Waals surface area contributed by atoms with E-state index in [0.717, 1.165) is 19.0 Å². The van der Waals surface area contributed by atoms with Crippen LogP contribution in [0.2, 0.25) is 0 Å². The molecule has 0 amide bonds. The summed E-state index contributed by atoms with van der Waals surface area (Å²) < 4.78 is 6.98. The van der Waals surface area contributed by atoms with Crippen molar-refractivity contribution in [2.24, 2.45) is 7.05 Å². The van der Waals surface area contributed by atoms with E-state index in [1.807, 2.05) is 14.0 Å². The molecule has 80 valence electrons. The normalized spacial score (nSPS) is 13.1. The average molecular weight is 198 g/mol. The first-order valence-electron chi connectivity index (χ1n) is 4.88. The maximum absolute atomic E-state index is 5.28. The van der Waals surface area contributed by atoms with E-state index in [0.29, 0.717) is 12.6 Å². The summed E-state index contributed by atoms with van der Waals surface area (Å²) in [5.74, 6) is 0.816. The van der Waals surface area contributed by atoms with Gasteiger partial charge in [-0.2, -0.15) is 5.10 Å². The van der Waals surface area contributed by atoms with Crippen LogP contribution >= 0.6 is 0 Å². The van der Waals surface area contributed by atoms with Gasteiger partial charge in [-0.25, -0.2) is 4.98 Å². The summed E-state index contributed by atoms with van der Waals surface area (Å²) in [6.45, 7) is 6.25. The molecule has 1 rings (SSSR count). The molecule has 1 aromatic heterocycles. The third-order valence-electron chi connectivity index (χ3n) is 1.83. The molecule has 0 saturated carbocycles. The van der Waals surface area contributed by atoms with Gasteiger partial charge in [-0.3, -0.25) is 4.68 Å². The van der Waals surface area contributed by atoms with E-state index in [1.54, 1.807) is 11.0 Å². The Morgan fingerprint density at radius 1 is 1.64 bits per heavy atom. The van der Waals surface area contributed by atoms with Crippen LogP contribution in [0.4, 0.5) is 0 Å². The molecule has 1 heterocycles. The van der Waals surface area contributed by atoms with E-state index in [4.69, 9.17) is 4.74 Å². The van der Waals surface area contributed by atoms with Gasteiger partial charge in [0.25, 0.3) is 0 Å². The predicted octanol–water partition coefficient (Wildman–Crippen LogP) is 0.330. The van der Waals surface area contributed by atoms with Gasteiger partial charge in [-0.1, -0.05) is 0 Å². The first kappa shape index (κ1) is 11.1. The van der Waals surface area contributed by atoms with Crippen LogP contribution in [0.3, 0.4) is 0 Å². The molecule has 1 unspecified atom stereocenters.